The summed E-state index contributed by atoms with van der Waals surface area (Å²) < 4.78 is 8.36. The molecule has 1 aromatic carbocycles. The first-order valence-electron chi connectivity index (χ1n) is 5.79. The molecule has 0 atom stereocenters. The molecular formula is C14H17BrN2O. The SMILES string of the molecule is COc1cc(C)c(-c2ncn(C)c2Br)c(C)c1C. The zero-order chi connectivity index (χ0) is 13.4. The van der Waals surface area contributed by atoms with Crippen LogP contribution in [-0.2, 0) is 7.05 Å². The number of nitrogens with zero attached hydrogens (tertiary/aromatic N) is 2. The Kier molecular flexibility index (Phi) is 3.48. The molecule has 3 nitrogen and oxygen atoms in total. The monoisotopic (exact) mass is 308 g/mol. The van der Waals surface area contributed by atoms with Crippen LogP contribution in [-0.4, -0.2) is 16.7 Å². The molecule has 2 aromatic rings. The first-order chi connectivity index (χ1) is 8.47. The number of methoxy groups -OCH3 is 1. The minimum absolute atomic E-state index is 0.931. The molecule has 4 heteroatoms. The van der Waals surface area contributed by atoms with E-state index in [1.165, 1.54) is 16.7 Å². The number of imidazole rings is 1. The van der Waals surface area contributed by atoms with Crippen LogP contribution in [0.4, 0.5) is 0 Å². The number of aryl methyl sites for hydroxylation is 2. The third-order valence-corrected chi connectivity index (χ3v) is 4.31. The topological polar surface area (TPSA) is 27.1 Å². The smallest absolute Gasteiger partial charge is 0.122 e. The number of hydrogen-bond donors (Lipinski definition) is 0. The summed E-state index contributed by atoms with van der Waals surface area (Å²) in [6.45, 7) is 6.28. The van der Waals surface area contributed by atoms with Gasteiger partial charge < -0.3 is 9.30 Å². The Morgan fingerprint density at radius 3 is 2.39 bits per heavy atom. The van der Waals surface area contributed by atoms with E-state index in [0.29, 0.717) is 0 Å². The third kappa shape index (κ3) is 1.94. The van der Waals surface area contributed by atoms with E-state index >= 15 is 0 Å². The molecule has 0 radical (unpaired) electrons. The second-order valence-electron chi connectivity index (χ2n) is 4.52. The van der Waals surface area contributed by atoms with Crippen LogP contribution in [0.25, 0.3) is 11.3 Å². The predicted octanol–water partition coefficient (Wildman–Crippen LogP) is 3.78. The molecule has 0 saturated heterocycles. The van der Waals surface area contributed by atoms with Crippen molar-refractivity contribution in [2.24, 2.45) is 7.05 Å². The highest BCUT2D eigenvalue weighted by molar-refractivity contribution is 9.10. The Labute approximate surface area is 116 Å². The van der Waals surface area contributed by atoms with E-state index in [2.05, 4.69) is 47.8 Å². The van der Waals surface area contributed by atoms with Crippen molar-refractivity contribution in [3.8, 4) is 17.0 Å². The predicted molar refractivity (Wildman–Crippen MR) is 77.1 cm³/mol. The molecule has 0 aliphatic rings. The number of benzene rings is 1. The van der Waals surface area contributed by atoms with E-state index in [1.54, 1.807) is 7.11 Å². The van der Waals surface area contributed by atoms with Crippen LogP contribution in [0.15, 0.2) is 17.0 Å². The Balaban J connectivity index is 2.73. The molecule has 1 heterocycles. The Morgan fingerprint density at radius 2 is 1.89 bits per heavy atom. The highest BCUT2D eigenvalue weighted by Crippen LogP contribution is 2.36. The standard InChI is InChI=1S/C14H17BrN2O/c1-8-6-11(18-5)9(2)10(3)12(8)13-14(15)17(4)7-16-13/h6-7H,1-5H3. The van der Waals surface area contributed by atoms with Crippen molar-refractivity contribution in [1.82, 2.24) is 9.55 Å². The van der Waals surface area contributed by atoms with Crippen molar-refractivity contribution >= 4 is 15.9 Å². The molecule has 96 valence electrons. The summed E-state index contributed by atoms with van der Waals surface area (Å²) >= 11 is 3.58. The van der Waals surface area contributed by atoms with Crippen molar-refractivity contribution in [1.29, 1.82) is 0 Å². The summed E-state index contributed by atoms with van der Waals surface area (Å²) in [5.74, 6) is 0.931. The maximum absolute atomic E-state index is 5.40. The Hall–Kier alpha value is -1.29. The zero-order valence-electron chi connectivity index (χ0n) is 11.3. The van der Waals surface area contributed by atoms with Gasteiger partial charge in [0.15, 0.2) is 0 Å². The zero-order valence-corrected chi connectivity index (χ0v) is 12.9. The van der Waals surface area contributed by atoms with Gasteiger partial charge in [-0.15, -0.1) is 0 Å². The third-order valence-electron chi connectivity index (χ3n) is 3.37. The molecule has 0 amide bonds. The number of aromatic nitrogens is 2. The summed E-state index contributed by atoms with van der Waals surface area (Å²) in [5.41, 5.74) is 5.72. The summed E-state index contributed by atoms with van der Waals surface area (Å²) in [5, 5.41) is 0. The number of rotatable bonds is 2. The number of hydrogen-bond acceptors (Lipinski definition) is 2. The van der Waals surface area contributed by atoms with Gasteiger partial charge in [0, 0.05) is 12.6 Å². The van der Waals surface area contributed by atoms with Crippen molar-refractivity contribution < 1.29 is 4.74 Å². The molecule has 2 rings (SSSR count). The Bertz CT molecular complexity index is 602. The van der Waals surface area contributed by atoms with E-state index in [4.69, 9.17) is 4.74 Å². The molecule has 0 aliphatic heterocycles. The number of halogens is 1. The van der Waals surface area contributed by atoms with Crippen LogP contribution in [0, 0.1) is 20.8 Å². The molecule has 0 spiro atoms. The summed E-state index contributed by atoms with van der Waals surface area (Å²) in [6, 6.07) is 2.07. The van der Waals surface area contributed by atoms with Gasteiger partial charge in [-0.2, -0.15) is 0 Å². The van der Waals surface area contributed by atoms with Gasteiger partial charge in [-0.25, -0.2) is 4.98 Å². The number of ether oxygens (including phenoxy) is 1. The second-order valence-corrected chi connectivity index (χ2v) is 5.27. The maximum Gasteiger partial charge on any atom is 0.122 e. The molecular weight excluding hydrogens is 292 g/mol. The lowest BCUT2D eigenvalue weighted by atomic mass is 9.95. The molecule has 0 aliphatic carbocycles. The average molecular weight is 309 g/mol. The second kappa shape index (κ2) is 4.76. The minimum Gasteiger partial charge on any atom is -0.496 e. The van der Waals surface area contributed by atoms with Gasteiger partial charge >= 0.3 is 0 Å². The molecule has 0 N–H and O–H groups in total. The van der Waals surface area contributed by atoms with Crippen LogP contribution in [0.5, 0.6) is 5.75 Å². The van der Waals surface area contributed by atoms with Gasteiger partial charge in [-0.1, -0.05) is 0 Å². The molecule has 0 saturated carbocycles. The first kappa shape index (κ1) is 13.1. The molecule has 1 aromatic heterocycles. The fraction of sp³-hybridized carbons (Fsp3) is 0.357. The van der Waals surface area contributed by atoms with Crippen molar-refractivity contribution in [2.75, 3.05) is 7.11 Å². The van der Waals surface area contributed by atoms with Crippen LogP contribution >= 0.6 is 15.9 Å². The van der Waals surface area contributed by atoms with Gasteiger partial charge in [-0.05, 0) is 59.5 Å². The summed E-state index contributed by atoms with van der Waals surface area (Å²) in [4.78, 5) is 4.48. The van der Waals surface area contributed by atoms with E-state index in [1.807, 2.05) is 17.9 Å². The average Bonchev–Trinajstić information content (AvgIpc) is 2.66. The van der Waals surface area contributed by atoms with Gasteiger partial charge in [-0.3, -0.25) is 0 Å². The van der Waals surface area contributed by atoms with E-state index in [9.17, 15) is 0 Å². The molecule has 0 fully saturated rings. The first-order valence-corrected chi connectivity index (χ1v) is 6.58. The fourth-order valence-corrected chi connectivity index (χ4v) is 2.60. The van der Waals surface area contributed by atoms with Crippen molar-refractivity contribution in [3.63, 3.8) is 0 Å². The maximum atomic E-state index is 5.40. The summed E-state index contributed by atoms with van der Waals surface area (Å²) in [6.07, 6.45) is 1.82. The van der Waals surface area contributed by atoms with Crippen LogP contribution < -0.4 is 4.74 Å². The van der Waals surface area contributed by atoms with E-state index in [0.717, 1.165) is 21.6 Å². The van der Waals surface area contributed by atoms with Crippen LogP contribution in [0.1, 0.15) is 16.7 Å². The molecule has 0 unspecified atom stereocenters. The molecule has 18 heavy (non-hydrogen) atoms. The quantitative estimate of drug-likeness (QED) is 0.844. The lowest BCUT2D eigenvalue weighted by molar-refractivity contribution is 0.411. The van der Waals surface area contributed by atoms with Gasteiger partial charge in [0.25, 0.3) is 0 Å². The highest BCUT2D eigenvalue weighted by atomic mass is 79.9. The summed E-state index contributed by atoms with van der Waals surface area (Å²) in [7, 11) is 3.68. The fourth-order valence-electron chi connectivity index (χ4n) is 2.20. The lowest BCUT2D eigenvalue weighted by Gasteiger charge is -2.15. The Morgan fingerprint density at radius 1 is 1.22 bits per heavy atom. The van der Waals surface area contributed by atoms with Gasteiger partial charge in [0.2, 0.25) is 0 Å². The highest BCUT2D eigenvalue weighted by Gasteiger charge is 2.17. The van der Waals surface area contributed by atoms with E-state index in [-0.39, 0.29) is 0 Å². The van der Waals surface area contributed by atoms with Crippen LogP contribution in [0.3, 0.4) is 0 Å². The molecule has 0 bridgehead atoms. The van der Waals surface area contributed by atoms with Gasteiger partial charge in [0.05, 0.1) is 13.4 Å². The van der Waals surface area contributed by atoms with E-state index < -0.39 is 0 Å². The largest absolute Gasteiger partial charge is 0.496 e. The van der Waals surface area contributed by atoms with Crippen LogP contribution in [0.2, 0.25) is 0 Å². The minimum atomic E-state index is 0.931. The normalized spacial score (nSPS) is 10.8. The lowest BCUT2D eigenvalue weighted by Crippen LogP contribution is -1.97. The van der Waals surface area contributed by atoms with Crippen molar-refractivity contribution in [2.45, 2.75) is 20.8 Å². The van der Waals surface area contributed by atoms with Crippen molar-refractivity contribution in [3.05, 3.63) is 33.7 Å². The van der Waals surface area contributed by atoms with Gasteiger partial charge in [0.1, 0.15) is 16.0 Å².